The Morgan fingerprint density at radius 1 is 1.16 bits per heavy atom. The molecule has 0 amide bonds. The standard InChI is InChI=1S/C15H13N3S/c1-2-10-14(17-9-18-15(10)19)12-5-3-7-13-11(12)6-4-8-16-13/h3-9H,2H2,1H3,(H,17,18,19). The van der Waals surface area contributed by atoms with Gasteiger partial charge >= 0.3 is 0 Å². The van der Waals surface area contributed by atoms with Crippen LogP contribution in [0.25, 0.3) is 22.2 Å². The van der Waals surface area contributed by atoms with Crippen molar-refractivity contribution >= 4 is 23.1 Å². The van der Waals surface area contributed by atoms with Crippen molar-refractivity contribution in [2.24, 2.45) is 0 Å². The third-order valence-corrected chi connectivity index (χ3v) is 3.57. The predicted octanol–water partition coefficient (Wildman–Crippen LogP) is 3.92. The van der Waals surface area contributed by atoms with E-state index < -0.39 is 0 Å². The quantitative estimate of drug-likeness (QED) is 0.716. The molecule has 0 saturated carbocycles. The average molecular weight is 267 g/mol. The third-order valence-electron chi connectivity index (χ3n) is 3.22. The summed E-state index contributed by atoms with van der Waals surface area (Å²) in [5.74, 6) is 0. The van der Waals surface area contributed by atoms with Gasteiger partial charge in [0, 0.05) is 22.7 Å². The normalized spacial score (nSPS) is 10.8. The zero-order valence-corrected chi connectivity index (χ0v) is 11.4. The zero-order valence-electron chi connectivity index (χ0n) is 10.6. The van der Waals surface area contributed by atoms with Gasteiger partial charge in [-0.05, 0) is 18.6 Å². The number of rotatable bonds is 2. The van der Waals surface area contributed by atoms with Crippen molar-refractivity contribution in [1.82, 2.24) is 15.0 Å². The largest absolute Gasteiger partial charge is 0.346 e. The number of pyridine rings is 1. The molecule has 19 heavy (non-hydrogen) atoms. The zero-order chi connectivity index (χ0) is 13.2. The summed E-state index contributed by atoms with van der Waals surface area (Å²) in [7, 11) is 0. The van der Waals surface area contributed by atoms with Gasteiger partial charge in [0.15, 0.2) is 0 Å². The van der Waals surface area contributed by atoms with Crippen molar-refractivity contribution in [2.75, 3.05) is 0 Å². The van der Waals surface area contributed by atoms with E-state index in [9.17, 15) is 0 Å². The maximum absolute atomic E-state index is 5.31. The highest BCUT2D eigenvalue weighted by molar-refractivity contribution is 7.71. The van der Waals surface area contributed by atoms with Gasteiger partial charge in [0.2, 0.25) is 0 Å². The fourth-order valence-electron chi connectivity index (χ4n) is 2.32. The van der Waals surface area contributed by atoms with Gasteiger partial charge in [-0.1, -0.05) is 37.3 Å². The highest BCUT2D eigenvalue weighted by Crippen LogP contribution is 2.28. The van der Waals surface area contributed by atoms with Gasteiger partial charge in [-0.25, -0.2) is 4.98 Å². The number of fused-ring (bicyclic) bond motifs is 1. The molecule has 0 bridgehead atoms. The van der Waals surface area contributed by atoms with Crippen LogP contribution in [0.4, 0.5) is 0 Å². The number of nitrogens with zero attached hydrogens (tertiary/aromatic N) is 2. The molecular formula is C15H13N3S. The van der Waals surface area contributed by atoms with E-state index in [0.717, 1.165) is 34.1 Å². The number of benzene rings is 1. The van der Waals surface area contributed by atoms with Gasteiger partial charge < -0.3 is 4.98 Å². The van der Waals surface area contributed by atoms with Crippen LogP contribution in [0.2, 0.25) is 0 Å². The van der Waals surface area contributed by atoms with Crippen molar-refractivity contribution in [3.05, 3.63) is 53.1 Å². The molecule has 0 saturated heterocycles. The first-order valence-corrected chi connectivity index (χ1v) is 6.62. The van der Waals surface area contributed by atoms with Crippen LogP contribution in [0.3, 0.4) is 0 Å². The Morgan fingerprint density at radius 2 is 2.05 bits per heavy atom. The lowest BCUT2D eigenvalue weighted by molar-refractivity contribution is 1.04. The smallest absolute Gasteiger partial charge is 0.133 e. The van der Waals surface area contributed by atoms with Crippen molar-refractivity contribution in [3.8, 4) is 11.3 Å². The van der Waals surface area contributed by atoms with Crippen LogP contribution in [-0.2, 0) is 6.42 Å². The first kappa shape index (κ1) is 12.0. The summed E-state index contributed by atoms with van der Waals surface area (Å²) in [6.07, 6.45) is 4.32. The molecule has 4 heteroatoms. The number of nitrogens with one attached hydrogen (secondary N) is 1. The molecule has 3 nitrogen and oxygen atoms in total. The fourth-order valence-corrected chi connectivity index (χ4v) is 2.62. The molecule has 0 radical (unpaired) electrons. The maximum atomic E-state index is 5.31. The molecule has 0 aliphatic carbocycles. The summed E-state index contributed by atoms with van der Waals surface area (Å²) in [6, 6.07) is 10.1. The van der Waals surface area contributed by atoms with Crippen LogP contribution < -0.4 is 0 Å². The second-order valence-electron chi connectivity index (χ2n) is 4.29. The minimum atomic E-state index is 0.664. The van der Waals surface area contributed by atoms with Crippen LogP contribution in [0, 0.1) is 4.64 Å². The second kappa shape index (κ2) is 4.90. The Labute approximate surface area is 116 Å². The maximum Gasteiger partial charge on any atom is 0.133 e. The van der Waals surface area contributed by atoms with Crippen molar-refractivity contribution in [3.63, 3.8) is 0 Å². The molecule has 1 N–H and O–H groups in total. The van der Waals surface area contributed by atoms with Gasteiger partial charge in [0.05, 0.1) is 17.5 Å². The Kier molecular flexibility index (Phi) is 3.09. The van der Waals surface area contributed by atoms with E-state index in [1.54, 1.807) is 6.33 Å². The molecular weight excluding hydrogens is 254 g/mol. The third kappa shape index (κ3) is 2.04. The van der Waals surface area contributed by atoms with Gasteiger partial charge in [-0.3, -0.25) is 4.98 Å². The lowest BCUT2D eigenvalue weighted by Gasteiger charge is -2.10. The molecule has 0 fully saturated rings. The second-order valence-corrected chi connectivity index (χ2v) is 4.68. The molecule has 1 aromatic carbocycles. The van der Waals surface area contributed by atoms with Crippen LogP contribution in [0.15, 0.2) is 42.9 Å². The summed E-state index contributed by atoms with van der Waals surface area (Å²) in [5, 5.41) is 1.12. The SMILES string of the molecule is CCc1c(-c2cccc3ncccc23)[nH]cnc1=S. The van der Waals surface area contributed by atoms with E-state index >= 15 is 0 Å². The lowest BCUT2D eigenvalue weighted by Crippen LogP contribution is -1.96. The monoisotopic (exact) mass is 267 g/mol. The predicted molar refractivity (Wildman–Crippen MR) is 79.5 cm³/mol. The molecule has 0 aliphatic heterocycles. The Hall–Kier alpha value is -2.07. The number of aromatic amines is 1. The molecule has 94 valence electrons. The van der Waals surface area contributed by atoms with Gasteiger partial charge in [-0.2, -0.15) is 0 Å². The van der Waals surface area contributed by atoms with E-state index in [1.807, 2.05) is 24.4 Å². The van der Waals surface area contributed by atoms with E-state index in [1.165, 1.54) is 0 Å². The minimum Gasteiger partial charge on any atom is -0.346 e. The highest BCUT2D eigenvalue weighted by atomic mass is 32.1. The number of hydrogen-bond donors (Lipinski definition) is 1. The van der Waals surface area contributed by atoms with E-state index in [4.69, 9.17) is 12.2 Å². The van der Waals surface area contributed by atoms with Crippen molar-refractivity contribution < 1.29 is 0 Å². The lowest BCUT2D eigenvalue weighted by atomic mass is 10.0. The first-order valence-electron chi connectivity index (χ1n) is 6.22. The molecule has 2 heterocycles. The van der Waals surface area contributed by atoms with Crippen molar-refractivity contribution in [2.45, 2.75) is 13.3 Å². The summed E-state index contributed by atoms with van der Waals surface area (Å²) >= 11 is 5.31. The first-order chi connectivity index (χ1) is 9.31. The fraction of sp³-hybridized carbons (Fsp3) is 0.133. The summed E-state index contributed by atoms with van der Waals surface area (Å²) < 4.78 is 0.664. The van der Waals surface area contributed by atoms with Crippen LogP contribution in [-0.4, -0.2) is 15.0 Å². The van der Waals surface area contributed by atoms with Gasteiger partial charge in [0.1, 0.15) is 4.64 Å². The number of H-pyrrole nitrogens is 1. The number of hydrogen-bond acceptors (Lipinski definition) is 3. The summed E-state index contributed by atoms with van der Waals surface area (Å²) in [4.78, 5) is 11.8. The Bertz CT molecular complexity index is 787. The summed E-state index contributed by atoms with van der Waals surface area (Å²) in [6.45, 7) is 2.09. The van der Waals surface area contributed by atoms with E-state index in [2.05, 4.69) is 34.0 Å². The van der Waals surface area contributed by atoms with Crippen molar-refractivity contribution in [1.29, 1.82) is 0 Å². The van der Waals surface area contributed by atoms with Crippen LogP contribution in [0.1, 0.15) is 12.5 Å². The average Bonchev–Trinajstić information content (AvgIpc) is 2.46. The molecule has 2 aromatic heterocycles. The Morgan fingerprint density at radius 3 is 2.89 bits per heavy atom. The molecule has 0 aliphatic rings. The van der Waals surface area contributed by atoms with Crippen LogP contribution >= 0.6 is 12.2 Å². The van der Waals surface area contributed by atoms with Crippen LogP contribution in [0.5, 0.6) is 0 Å². The molecule has 0 atom stereocenters. The van der Waals surface area contributed by atoms with E-state index in [-0.39, 0.29) is 0 Å². The van der Waals surface area contributed by atoms with Gasteiger partial charge in [-0.15, -0.1) is 0 Å². The Balaban J connectivity index is 2.37. The summed E-state index contributed by atoms with van der Waals surface area (Å²) in [5.41, 5.74) is 4.23. The molecule has 0 spiro atoms. The topological polar surface area (TPSA) is 41.6 Å². The van der Waals surface area contributed by atoms with Gasteiger partial charge in [0.25, 0.3) is 0 Å². The molecule has 3 aromatic rings. The minimum absolute atomic E-state index is 0.664. The molecule has 0 unspecified atom stereocenters. The molecule has 3 rings (SSSR count). The van der Waals surface area contributed by atoms with E-state index in [0.29, 0.717) is 4.64 Å². The number of aromatic nitrogens is 3. The highest BCUT2D eigenvalue weighted by Gasteiger charge is 2.09.